The van der Waals surface area contributed by atoms with E-state index in [-0.39, 0.29) is 11.8 Å². The summed E-state index contributed by atoms with van der Waals surface area (Å²) in [5.74, 6) is 0.652. The lowest BCUT2D eigenvalue weighted by atomic mass is 10.1. The van der Waals surface area contributed by atoms with Gasteiger partial charge in [0.15, 0.2) is 0 Å². The maximum Gasteiger partial charge on any atom is 0.251 e. The van der Waals surface area contributed by atoms with Crippen molar-refractivity contribution in [1.82, 2.24) is 10.2 Å². The number of rotatable bonds is 6. The Hall–Kier alpha value is -1.84. The number of carbonyl (C=O) groups excluding carboxylic acids is 2. The molecule has 0 radical (unpaired) electrons. The highest BCUT2D eigenvalue weighted by molar-refractivity contribution is 5.95. The summed E-state index contributed by atoms with van der Waals surface area (Å²) in [4.78, 5) is 25.9. The Morgan fingerprint density at radius 3 is 2.62 bits per heavy atom. The summed E-state index contributed by atoms with van der Waals surface area (Å²) in [6.07, 6.45) is 2.80. The second kappa shape index (κ2) is 6.74. The number of hydrogen-bond donors (Lipinski definition) is 1. The summed E-state index contributed by atoms with van der Waals surface area (Å²) in [6, 6.07) is 7.77. The third-order valence-corrected chi connectivity index (χ3v) is 4.32. The predicted molar refractivity (Wildman–Crippen MR) is 83.1 cm³/mol. The van der Waals surface area contributed by atoms with Crippen LogP contribution in [0.15, 0.2) is 24.3 Å². The zero-order chi connectivity index (χ0) is 15.4. The van der Waals surface area contributed by atoms with Crippen LogP contribution in [0.2, 0.25) is 0 Å². The molecule has 0 heterocycles. The van der Waals surface area contributed by atoms with E-state index in [0.29, 0.717) is 30.5 Å². The average Bonchev–Trinajstić information content (AvgIpc) is 3.30. The fraction of sp³-hybridized carbons (Fsp3) is 0.529. The highest BCUT2D eigenvalue weighted by Crippen LogP contribution is 2.34. The Bertz CT molecular complexity index is 523. The third-order valence-electron chi connectivity index (χ3n) is 4.32. The number of benzene rings is 1. The summed E-state index contributed by atoms with van der Waals surface area (Å²) < 4.78 is 0. The lowest BCUT2D eigenvalue weighted by Gasteiger charge is -2.25. The first kappa shape index (κ1) is 15.5. The normalized spacial score (nSPS) is 15.4. The van der Waals surface area contributed by atoms with E-state index in [1.54, 1.807) is 6.07 Å². The number of carbonyl (C=O) groups is 2. The summed E-state index contributed by atoms with van der Waals surface area (Å²) in [5, 5.41) is 2.82. The van der Waals surface area contributed by atoms with Crippen molar-refractivity contribution in [2.24, 2.45) is 5.92 Å². The van der Waals surface area contributed by atoms with Gasteiger partial charge in [0.1, 0.15) is 0 Å². The first-order valence-electron chi connectivity index (χ1n) is 7.60. The molecule has 2 amide bonds. The van der Waals surface area contributed by atoms with Gasteiger partial charge in [0.25, 0.3) is 5.91 Å². The van der Waals surface area contributed by atoms with Gasteiger partial charge in [-0.05, 0) is 44.2 Å². The van der Waals surface area contributed by atoms with Crippen LogP contribution >= 0.6 is 0 Å². The smallest absolute Gasteiger partial charge is 0.251 e. The summed E-state index contributed by atoms with van der Waals surface area (Å²) in [6.45, 7) is 4.39. The molecule has 1 aliphatic carbocycles. The maximum atomic E-state index is 12.1. The fourth-order valence-corrected chi connectivity index (χ4v) is 2.50. The molecule has 1 aromatic carbocycles. The zero-order valence-corrected chi connectivity index (χ0v) is 13.1. The Kier molecular flexibility index (Phi) is 4.99. The monoisotopic (exact) mass is 288 g/mol. The van der Waals surface area contributed by atoms with Crippen molar-refractivity contribution in [3.8, 4) is 0 Å². The minimum Gasteiger partial charge on any atom is -0.352 e. The van der Waals surface area contributed by atoms with Crippen molar-refractivity contribution in [1.29, 1.82) is 0 Å². The van der Waals surface area contributed by atoms with Crippen molar-refractivity contribution in [2.45, 2.75) is 39.2 Å². The van der Waals surface area contributed by atoms with E-state index in [2.05, 4.69) is 12.2 Å². The molecule has 0 saturated heterocycles. The van der Waals surface area contributed by atoms with Crippen molar-refractivity contribution in [2.75, 3.05) is 13.6 Å². The highest BCUT2D eigenvalue weighted by atomic mass is 16.2. The fourth-order valence-electron chi connectivity index (χ4n) is 2.50. The van der Waals surface area contributed by atoms with Crippen LogP contribution in [0, 0.1) is 12.8 Å². The van der Waals surface area contributed by atoms with Crippen molar-refractivity contribution in [3.63, 3.8) is 0 Å². The van der Waals surface area contributed by atoms with E-state index in [9.17, 15) is 9.59 Å². The standard InChI is InChI=1S/C17H24N2O2/c1-12-6-4-5-7-15(12)17(21)18-11-10-16(20)19(3)13(2)14-8-9-14/h4-7,13-14H,8-11H2,1-3H3,(H,18,21). The SMILES string of the molecule is Cc1ccccc1C(=O)NCCC(=O)N(C)C(C)C1CC1. The van der Waals surface area contributed by atoms with Gasteiger partial charge in [-0.25, -0.2) is 0 Å². The summed E-state index contributed by atoms with van der Waals surface area (Å²) >= 11 is 0. The first-order valence-corrected chi connectivity index (χ1v) is 7.60. The molecule has 1 unspecified atom stereocenters. The van der Waals surface area contributed by atoms with Crippen LogP contribution in [0.25, 0.3) is 0 Å². The van der Waals surface area contributed by atoms with Crippen LogP contribution in [0.3, 0.4) is 0 Å². The van der Waals surface area contributed by atoms with E-state index in [4.69, 9.17) is 0 Å². The Balaban J connectivity index is 1.77. The van der Waals surface area contributed by atoms with E-state index in [0.717, 1.165) is 5.56 Å². The molecule has 0 aromatic heterocycles. The van der Waals surface area contributed by atoms with E-state index in [1.165, 1.54) is 12.8 Å². The molecule has 1 aliphatic rings. The Morgan fingerprint density at radius 1 is 1.33 bits per heavy atom. The first-order chi connectivity index (χ1) is 10.0. The molecule has 4 heteroatoms. The predicted octanol–water partition coefficient (Wildman–Crippen LogP) is 2.37. The second-order valence-corrected chi connectivity index (χ2v) is 5.90. The zero-order valence-electron chi connectivity index (χ0n) is 13.1. The molecular formula is C17H24N2O2. The molecular weight excluding hydrogens is 264 g/mol. The lowest BCUT2D eigenvalue weighted by molar-refractivity contribution is -0.131. The highest BCUT2D eigenvalue weighted by Gasteiger charge is 2.32. The summed E-state index contributed by atoms with van der Waals surface area (Å²) in [5.41, 5.74) is 1.62. The second-order valence-electron chi connectivity index (χ2n) is 5.90. The van der Waals surface area contributed by atoms with Gasteiger partial charge in [-0.3, -0.25) is 9.59 Å². The topological polar surface area (TPSA) is 49.4 Å². The van der Waals surface area contributed by atoms with Gasteiger partial charge >= 0.3 is 0 Å². The van der Waals surface area contributed by atoms with Crippen LogP contribution in [0.5, 0.6) is 0 Å². The van der Waals surface area contributed by atoms with E-state index >= 15 is 0 Å². The average molecular weight is 288 g/mol. The minimum atomic E-state index is -0.112. The maximum absolute atomic E-state index is 12.1. The molecule has 0 spiro atoms. The molecule has 1 fully saturated rings. The molecule has 4 nitrogen and oxygen atoms in total. The lowest BCUT2D eigenvalue weighted by Crippen LogP contribution is -2.38. The van der Waals surface area contributed by atoms with Gasteiger partial charge in [-0.2, -0.15) is 0 Å². The number of nitrogens with zero attached hydrogens (tertiary/aromatic N) is 1. The van der Waals surface area contributed by atoms with Gasteiger partial charge in [0.05, 0.1) is 0 Å². The minimum absolute atomic E-state index is 0.0967. The largest absolute Gasteiger partial charge is 0.352 e. The number of aryl methyl sites for hydroxylation is 1. The van der Waals surface area contributed by atoms with Gasteiger partial charge in [-0.15, -0.1) is 0 Å². The number of hydrogen-bond acceptors (Lipinski definition) is 2. The van der Waals surface area contributed by atoms with E-state index in [1.807, 2.05) is 37.1 Å². The molecule has 0 aliphatic heterocycles. The summed E-state index contributed by atoms with van der Waals surface area (Å²) in [7, 11) is 1.86. The molecule has 114 valence electrons. The van der Waals surface area contributed by atoms with E-state index < -0.39 is 0 Å². The van der Waals surface area contributed by atoms with Crippen molar-refractivity contribution < 1.29 is 9.59 Å². The van der Waals surface area contributed by atoms with Crippen LogP contribution in [0.4, 0.5) is 0 Å². The molecule has 2 rings (SSSR count). The van der Waals surface area contributed by atoms with Gasteiger partial charge < -0.3 is 10.2 Å². The Labute approximate surface area is 126 Å². The molecule has 1 saturated carbocycles. The van der Waals surface area contributed by atoms with Crippen LogP contribution in [-0.4, -0.2) is 36.3 Å². The molecule has 0 bridgehead atoms. The van der Waals surface area contributed by atoms with Crippen LogP contribution in [0.1, 0.15) is 42.1 Å². The van der Waals surface area contributed by atoms with Gasteiger partial charge in [0, 0.05) is 31.6 Å². The van der Waals surface area contributed by atoms with Crippen LogP contribution in [-0.2, 0) is 4.79 Å². The van der Waals surface area contributed by atoms with Gasteiger partial charge in [0.2, 0.25) is 5.91 Å². The van der Waals surface area contributed by atoms with Crippen LogP contribution < -0.4 is 5.32 Å². The van der Waals surface area contributed by atoms with Crippen molar-refractivity contribution >= 4 is 11.8 Å². The molecule has 21 heavy (non-hydrogen) atoms. The molecule has 1 N–H and O–H groups in total. The van der Waals surface area contributed by atoms with Gasteiger partial charge in [-0.1, -0.05) is 18.2 Å². The molecule has 1 atom stereocenters. The van der Waals surface area contributed by atoms with Crippen molar-refractivity contribution in [3.05, 3.63) is 35.4 Å². The third kappa shape index (κ3) is 4.06. The number of nitrogens with one attached hydrogen (secondary N) is 1. The quantitative estimate of drug-likeness (QED) is 0.873. The number of amides is 2. The Morgan fingerprint density at radius 2 is 2.00 bits per heavy atom. The molecule has 1 aromatic rings.